The number of fused-ring (bicyclic) bond motifs is 1. The number of rotatable bonds is 1. The zero-order chi connectivity index (χ0) is 11.9. The van der Waals surface area contributed by atoms with Gasteiger partial charge in [-0.3, -0.25) is 0 Å². The van der Waals surface area contributed by atoms with Gasteiger partial charge in [0.25, 0.3) is 0 Å². The molecule has 2 aliphatic rings. The molecule has 1 saturated carbocycles. The average Bonchev–Trinajstić information content (AvgIpc) is 2.71. The van der Waals surface area contributed by atoms with Gasteiger partial charge >= 0.3 is 0 Å². The van der Waals surface area contributed by atoms with E-state index in [0.717, 1.165) is 5.75 Å². The van der Waals surface area contributed by atoms with Gasteiger partial charge in [-0.25, -0.2) is 0 Å². The van der Waals surface area contributed by atoms with Crippen molar-refractivity contribution in [3.05, 3.63) is 21.3 Å². The van der Waals surface area contributed by atoms with Gasteiger partial charge in [0.1, 0.15) is 5.75 Å². The van der Waals surface area contributed by atoms with Gasteiger partial charge < -0.3 is 4.74 Å². The summed E-state index contributed by atoms with van der Waals surface area (Å²) in [7, 11) is 1.79. The molecule has 0 unspecified atom stereocenters. The van der Waals surface area contributed by atoms with Crippen LogP contribution >= 0.6 is 34.4 Å². The summed E-state index contributed by atoms with van der Waals surface area (Å²) in [6, 6.07) is 4.32. The van der Waals surface area contributed by atoms with Crippen LogP contribution < -0.4 is 4.74 Å². The predicted octanol–water partition coefficient (Wildman–Crippen LogP) is 4.65. The lowest BCUT2D eigenvalue weighted by Crippen LogP contribution is -2.26. The zero-order valence-corrected chi connectivity index (χ0v) is 13.1. The molecule has 1 aromatic rings. The maximum Gasteiger partial charge on any atom is 0.132 e. The van der Waals surface area contributed by atoms with Gasteiger partial charge in [0.15, 0.2) is 0 Å². The quantitative estimate of drug-likeness (QED) is 0.675. The summed E-state index contributed by atoms with van der Waals surface area (Å²) in [5, 5.41) is 0. The zero-order valence-electron chi connectivity index (χ0n) is 10.1. The number of benzene rings is 1. The average molecular weight is 360 g/mol. The van der Waals surface area contributed by atoms with Crippen LogP contribution in [0.25, 0.3) is 0 Å². The maximum absolute atomic E-state index is 5.52. The van der Waals surface area contributed by atoms with E-state index in [1.54, 1.807) is 7.11 Å². The number of methoxy groups -OCH3 is 1. The van der Waals surface area contributed by atoms with Crippen LogP contribution in [-0.2, 0) is 6.42 Å². The highest BCUT2D eigenvalue weighted by atomic mass is 127. The van der Waals surface area contributed by atoms with Crippen molar-refractivity contribution in [1.82, 2.24) is 0 Å². The van der Waals surface area contributed by atoms with Crippen molar-refractivity contribution >= 4 is 34.4 Å². The molecule has 0 radical (unpaired) electrons. The van der Waals surface area contributed by atoms with Crippen LogP contribution in [-0.4, -0.2) is 11.9 Å². The van der Waals surface area contributed by atoms with E-state index >= 15 is 0 Å². The van der Waals surface area contributed by atoms with Crippen LogP contribution in [0.1, 0.15) is 37.7 Å². The van der Waals surface area contributed by atoms with Crippen molar-refractivity contribution in [2.75, 3.05) is 7.11 Å². The second-order valence-corrected chi connectivity index (χ2v) is 7.72. The van der Waals surface area contributed by atoms with Gasteiger partial charge in [-0.05, 0) is 59.5 Å². The summed E-state index contributed by atoms with van der Waals surface area (Å²) in [5.74, 6) is 1.08. The van der Waals surface area contributed by atoms with Crippen molar-refractivity contribution in [3.8, 4) is 5.75 Å². The highest BCUT2D eigenvalue weighted by Gasteiger charge is 2.41. The first-order valence-corrected chi connectivity index (χ1v) is 8.18. The van der Waals surface area contributed by atoms with E-state index in [1.807, 2.05) is 0 Å². The molecule has 0 atom stereocenters. The molecule has 0 saturated heterocycles. The first-order valence-electron chi connectivity index (χ1n) is 6.28. The molecule has 0 N–H and O–H groups in total. The summed E-state index contributed by atoms with van der Waals surface area (Å²) < 4.78 is 7.43. The molecule has 1 heterocycles. The second-order valence-electron chi connectivity index (χ2n) is 5.08. The van der Waals surface area contributed by atoms with E-state index < -0.39 is 0 Å². The third kappa shape index (κ3) is 2.09. The van der Waals surface area contributed by atoms with Gasteiger partial charge in [-0.15, -0.1) is 11.8 Å². The van der Waals surface area contributed by atoms with Gasteiger partial charge in [0, 0.05) is 8.32 Å². The van der Waals surface area contributed by atoms with E-state index in [9.17, 15) is 0 Å². The Morgan fingerprint density at radius 1 is 1.24 bits per heavy atom. The number of hydrogen-bond donors (Lipinski definition) is 0. The van der Waals surface area contributed by atoms with E-state index in [4.69, 9.17) is 4.74 Å². The Morgan fingerprint density at radius 3 is 2.71 bits per heavy atom. The lowest BCUT2D eigenvalue weighted by molar-refractivity contribution is 0.399. The van der Waals surface area contributed by atoms with E-state index in [-0.39, 0.29) is 0 Å². The van der Waals surface area contributed by atoms with Crippen molar-refractivity contribution < 1.29 is 4.74 Å². The van der Waals surface area contributed by atoms with Crippen molar-refractivity contribution in [1.29, 1.82) is 0 Å². The fraction of sp³-hybridized carbons (Fsp3) is 0.571. The van der Waals surface area contributed by atoms with Crippen LogP contribution in [0.15, 0.2) is 17.0 Å². The summed E-state index contributed by atoms with van der Waals surface area (Å²) in [4.78, 5) is 1.42. The standard InChI is InChI=1S/C14H17IOS/c1-16-12-6-5-11(15)10-9-14(17-13(10)12)7-3-2-4-8-14/h5-6H,2-4,7-9H2,1H3. The highest BCUT2D eigenvalue weighted by Crippen LogP contribution is 2.56. The molecule has 0 aromatic heterocycles. The fourth-order valence-corrected chi connectivity index (χ4v) is 5.59. The van der Waals surface area contributed by atoms with Crippen molar-refractivity contribution in [2.24, 2.45) is 0 Å². The van der Waals surface area contributed by atoms with Crippen molar-refractivity contribution in [2.45, 2.75) is 48.2 Å². The van der Waals surface area contributed by atoms with Crippen LogP contribution in [0, 0.1) is 3.57 Å². The van der Waals surface area contributed by atoms with E-state index in [2.05, 4.69) is 46.5 Å². The molecule has 3 heteroatoms. The minimum Gasteiger partial charge on any atom is -0.496 e. The summed E-state index contributed by atoms with van der Waals surface area (Å²) in [6.07, 6.45) is 8.24. The monoisotopic (exact) mass is 360 g/mol. The third-order valence-corrected chi connectivity index (χ3v) is 6.62. The largest absolute Gasteiger partial charge is 0.496 e. The molecule has 1 aromatic carbocycles. The Labute approximate surface area is 121 Å². The molecule has 0 amide bonds. The summed E-state index contributed by atoms with van der Waals surface area (Å²) >= 11 is 4.56. The topological polar surface area (TPSA) is 9.23 Å². The van der Waals surface area contributed by atoms with Gasteiger partial charge in [0.05, 0.1) is 12.0 Å². The van der Waals surface area contributed by atoms with Crippen molar-refractivity contribution in [3.63, 3.8) is 0 Å². The smallest absolute Gasteiger partial charge is 0.132 e. The Kier molecular flexibility index (Phi) is 3.32. The third-order valence-electron chi connectivity index (χ3n) is 3.97. The normalized spacial score (nSPS) is 21.5. The lowest BCUT2D eigenvalue weighted by atomic mass is 9.84. The molecule has 92 valence electrons. The van der Waals surface area contributed by atoms with Gasteiger partial charge in [0.2, 0.25) is 0 Å². The Hall–Kier alpha value is 0.1000. The Bertz CT molecular complexity index is 438. The van der Waals surface area contributed by atoms with Crippen LogP contribution in [0.4, 0.5) is 0 Å². The first-order chi connectivity index (χ1) is 8.24. The molecule has 1 nitrogen and oxygen atoms in total. The molecule has 1 fully saturated rings. The van der Waals surface area contributed by atoms with E-state index in [1.165, 1.54) is 52.6 Å². The summed E-state index contributed by atoms with van der Waals surface area (Å²) in [5.41, 5.74) is 1.54. The van der Waals surface area contributed by atoms with Gasteiger partial charge in [-0.1, -0.05) is 19.3 Å². The summed E-state index contributed by atoms with van der Waals surface area (Å²) in [6.45, 7) is 0. The van der Waals surface area contributed by atoms with Crippen LogP contribution in [0.3, 0.4) is 0 Å². The maximum atomic E-state index is 5.52. The molecular weight excluding hydrogens is 343 g/mol. The van der Waals surface area contributed by atoms with Gasteiger partial charge in [-0.2, -0.15) is 0 Å². The number of hydrogen-bond acceptors (Lipinski definition) is 2. The van der Waals surface area contributed by atoms with Crippen LogP contribution in [0.2, 0.25) is 0 Å². The lowest BCUT2D eigenvalue weighted by Gasteiger charge is -2.32. The second kappa shape index (κ2) is 4.65. The Morgan fingerprint density at radius 2 is 2.00 bits per heavy atom. The molecule has 0 bridgehead atoms. The molecule has 3 rings (SSSR count). The minimum atomic E-state index is 0.495. The molecular formula is C14H17IOS. The van der Waals surface area contributed by atoms with Crippen LogP contribution in [0.5, 0.6) is 5.75 Å². The van der Waals surface area contributed by atoms with E-state index in [0.29, 0.717) is 4.75 Å². The number of thioether (sulfide) groups is 1. The highest BCUT2D eigenvalue weighted by molar-refractivity contribution is 14.1. The fourth-order valence-electron chi connectivity index (χ4n) is 3.07. The molecule has 1 aliphatic carbocycles. The predicted molar refractivity (Wildman–Crippen MR) is 81.1 cm³/mol. The SMILES string of the molecule is COc1ccc(I)c2c1SC1(CCCCC1)C2. The minimum absolute atomic E-state index is 0.495. The Balaban J connectivity index is 1.98. The number of ether oxygens (including phenoxy) is 1. The molecule has 17 heavy (non-hydrogen) atoms. The first kappa shape index (κ1) is 12.2. The molecule has 1 spiro atoms. The number of halogens is 1. The molecule has 1 aliphatic heterocycles.